The average Bonchev–Trinajstić information content (AvgIpc) is 3.53. The number of carbonyl (C=O) groups excluding carboxylic acids is 1. The SMILES string of the molecule is COc1cccc(C2CCCN2C(=O)c2cccc(S(=O)(=O)N3CCc4sccc4C3)c2)c1. The van der Waals surface area contributed by atoms with Gasteiger partial charge in [-0.15, -0.1) is 11.3 Å². The first-order valence-corrected chi connectivity index (χ1v) is 13.4. The molecule has 5 rings (SSSR count). The minimum atomic E-state index is -3.69. The predicted octanol–water partition coefficient (Wildman–Crippen LogP) is 4.48. The quantitative estimate of drug-likeness (QED) is 0.538. The van der Waals surface area contributed by atoms with Crippen LogP contribution in [0.1, 0.15) is 45.2 Å². The van der Waals surface area contributed by atoms with Gasteiger partial charge >= 0.3 is 0 Å². The highest BCUT2D eigenvalue weighted by Crippen LogP contribution is 2.35. The number of thiophene rings is 1. The fraction of sp³-hybridized carbons (Fsp3) is 0.320. The van der Waals surface area contributed by atoms with E-state index in [1.54, 1.807) is 36.6 Å². The van der Waals surface area contributed by atoms with E-state index in [0.717, 1.165) is 36.1 Å². The summed E-state index contributed by atoms with van der Waals surface area (Å²) >= 11 is 1.68. The fourth-order valence-corrected chi connectivity index (χ4v) is 7.09. The van der Waals surface area contributed by atoms with Crippen LogP contribution in [0.3, 0.4) is 0 Å². The van der Waals surface area contributed by atoms with Crippen molar-refractivity contribution in [3.63, 3.8) is 0 Å². The second kappa shape index (κ2) is 8.93. The van der Waals surface area contributed by atoms with Crippen molar-refractivity contribution in [2.45, 2.75) is 36.7 Å². The van der Waals surface area contributed by atoms with Crippen molar-refractivity contribution in [1.29, 1.82) is 0 Å². The molecular formula is C25H26N2O4S2. The maximum Gasteiger partial charge on any atom is 0.254 e. The van der Waals surface area contributed by atoms with Crippen molar-refractivity contribution in [3.05, 3.63) is 81.5 Å². The largest absolute Gasteiger partial charge is 0.497 e. The monoisotopic (exact) mass is 482 g/mol. The smallest absolute Gasteiger partial charge is 0.254 e. The van der Waals surface area contributed by atoms with Gasteiger partial charge in [-0.1, -0.05) is 18.2 Å². The summed E-state index contributed by atoms with van der Waals surface area (Å²) in [5, 5.41) is 2.01. The second-order valence-electron chi connectivity index (χ2n) is 8.42. The van der Waals surface area contributed by atoms with Crippen molar-refractivity contribution in [3.8, 4) is 5.75 Å². The zero-order chi connectivity index (χ0) is 23.0. The maximum atomic E-state index is 13.5. The van der Waals surface area contributed by atoms with Crippen molar-refractivity contribution in [2.24, 2.45) is 0 Å². The number of carbonyl (C=O) groups is 1. The highest BCUT2D eigenvalue weighted by molar-refractivity contribution is 7.89. The van der Waals surface area contributed by atoms with E-state index in [0.29, 0.717) is 25.2 Å². The van der Waals surface area contributed by atoms with E-state index in [4.69, 9.17) is 4.74 Å². The van der Waals surface area contributed by atoms with Gasteiger partial charge in [-0.2, -0.15) is 4.31 Å². The predicted molar refractivity (Wildman–Crippen MR) is 128 cm³/mol. The molecule has 1 atom stereocenters. The lowest BCUT2D eigenvalue weighted by Crippen LogP contribution is -2.35. The Hall–Kier alpha value is -2.68. The van der Waals surface area contributed by atoms with E-state index < -0.39 is 10.0 Å². The van der Waals surface area contributed by atoms with Gasteiger partial charge in [-0.3, -0.25) is 4.79 Å². The van der Waals surface area contributed by atoms with Crippen LogP contribution in [0.4, 0.5) is 0 Å². The minimum Gasteiger partial charge on any atom is -0.497 e. The van der Waals surface area contributed by atoms with Crippen LogP contribution in [0.2, 0.25) is 0 Å². The Kier molecular flexibility index (Phi) is 5.99. The molecule has 6 nitrogen and oxygen atoms in total. The number of hydrogen-bond donors (Lipinski definition) is 0. The van der Waals surface area contributed by atoms with Gasteiger partial charge in [0.05, 0.1) is 18.0 Å². The Balaban J connectivity index is 1.40. The van der Waals surface area contributed by atoms with Crippen LogP contribution < -0.4 is 4.74 Å². The van der Waals surface area contributed by atoms with Gasteiger partial charge in [-0.05, 0) is 72.2 Å². The molecule has 3 aromatic rings. The van der Waals surface area contributed by atoms with Gasteiger partial charge in [0.15, 0.2) is 0 Å². The topological polar surface area (TPSA) is 66.9 Å². The van der Waals surface area contributed by atoms with Gasteiger partial charge in [0.1, 0.15) is 5.75 Å². The fourth-order valence-electron chi connectivity index (χ4n) is 4.74. The van der Waals surface area contributed by atoms with Gasteiger partial charge in [0.25, 0.3) is 5.91 Å². The van der Waals surface area contributed by atoms with Gasteiger partial charge < -0.3 is 9.64 Å². The van der Waals surface area contributed by atoms with Crippen LogP contribution >= 0.6 is 11.3 Å². The molecule has 33 heavy (non-hydrogen) atoms. The molecule has 1 saturated heterocycles. The third-order valence-electron chi connectivity index (χ3n) is 6.48. The third-order valence-corrected chi connectivity index (χ3v) is 9.35. The van der Waals surface area contributed by atoms with Crippen molar-refractivity contribution >= 4 is 27.3 Å². The maximum absolute atomic E-state index is 13.5. The summed E-state index contributed by atoms with van der Waals surface area (Å²) in [6.07, 6.45) is 2.50. The normalized spacial score (nSPS) is 18.8. The van der Waals surface area contributed by atoms with Crippen molar-refractivity contribution in [1.82, 2.24) is 9.21 Å². The summed E-state index contributed by atoms with van der Waals surface area (Å²) in [6.45, 7) is 1.48. The summed E-state index contributed by atoms with van der Waals surface area (Å²) in [7, 11) is -2.06. The number of ether oxygens (including phenoxy) is 1. The van der Waals surface area contributed by atoms with E-state index in [-0.39, 0.29) is 16.8 Å². The Morgan fingerprint density at radius 2 is 1.94 bits per heavy atom. The number of methoxy groups -OCH3 is 1. The van der Waals surface area contributed by atoms with Crippen LogP contribution in [0, 0.1) is 0 Å². The number of amides is 1. The summed E-state index contributed by atoms with van der Waals surface area (Å²) in [6, 6.07) is 16.2. The Morgan fingerprint density at radius 3 is 2.79 bits per heavy atom. The number of nitrogens with zero attached hydrogens (tertiary/aromatic N) is 2. The zero-order valence-corrected chi connectivity index (χ0v) is 20.1. The molecule has 0 radical (unpaired) electrons. The molecule has 1 unspecified atom stereocenters. The lowest BCUT2D eigenvalue weighted by Gasteiger charge is -2.27. The number of sulfonamides is 1. The molecule has 3 heterocycles. The molecule has 2 aliphatic rings. The van der Waals surface area contributed by atoms with E-state index in [9.17, 15) is 13.2 Å². The van der Waals surface area contributed by atoms with Crippen LogP contribution in [0.15, 0.2) is 64.9 Å². The van der Waals surface area contributed by atoms with E-state index in [1.165, 1.54) is 15.2 Å². The number of hydrogen-bond acceptors (Lipinski definition) is 5. The first-order chi connectivity index (χ1) is 16.0. The number of likely N-dealkylation sites (tertiary alicyclic amines) is 1. The number of benzene rings is 2. The molecule has 0 bridgehead atoms. The first-order valence-electron chi connectivity index (χ1n) is 11.1. The molecule has 1 fully saturated rings. The standard InChI is InChI=1S/C25H26N2O4S2/c1-31-21-7-2-5-18(15-21)23-9-4-12-27(23)25(28)19-6-3-8-22(16-19)33(29,30)26-13-10-24-20(17-26)11-14-32-24/h2-3,5-8,11,14-16,23H,4,9-10,12-13,17H2,1H3. The van der Waals surface area contributed by atoms with Crippen LogP contribution in [-0.4, -0.2) is 43.7 Å². The molecule has 1 amide bonds. The van der Waals surface area contributed by atoms with Crippen molar-refractivity contribution in [2.75, 3.05) is 20.2 Å². The van der Waals surface area contributed by atoms with Crippen LogP contribution in [0.5, 0.6) is 5.75 Å². The molecule has 0 N–H and O–H groups in total. The lowest BCUT2D eigenvalue weighted by atomic mass is 10.0. The first kappa shape index (κ1) is 22.1. The molecule has 0 saturated carbocycles. The minimum absolute atomic E-state index is 0.0491. The molecule has 2 aromatic carbocycles. The molecule has 172 valence electrons. The molecule has 0 spiro atoms. The number of fused-ring (bicyclic) bond motifs is 1. The Morgan fingerprint density at radius 1 is 1.09 bits per heavy atom. The molecule has 0 aliphatic carbocycles. The summed E-state index contributed by atoms with van der Waals surface area (Å²) in [5.74, 6) is 0.617. The molecule has 2 aliphatic heterocycles. The molecular weight excluding hydrogens is 456 g/mol. The van der Waals surface area contributed by atoms with Gasteiger partial charge in [-0.25, -0.2) is 8.42 Å². The zero-order valence-electron chi connectivity index (χ0n) is 18.4. The van der Waals surface area contributed by atoms with Gasteiger partial charge in [0, 0.05) is 30.1 Å². The molecule has 8 heteroatoms. The Bertz CT molecular complexity index is 1280. The van der Waals surface area contributed by atoms with E-state index >= 15 is 0 Å². The second-order valence-corrected chi connectivity index (χ2v) is 11.4. The summed E-state index contributed by atoms with van der Waals surface area (Å²) in [4.78, 5) is 16.7. The summed E-state index contributed by atoms with van der Waals surface area (Å²) in [5.41, 5.74) is 2.50. The average molecular weight is 483 g/mol. The van der Waals surface area contributed by atoms with Crippen LogP contribution in [-0.2, 0) is 23.0 Å². The van der Waals surface area contributed by atoms with E-state index in [1.807, 2.05) is 40.6 Å². The summed E-state index contributed by atoms with van der Waals surface area (Å²) < 4.78 is 33.6. The lowest BCUT2D eigenvalue weighted by molar-refractivity contribution is 0.0735. The Labute approximate surface area is 198 Å². The van der Waals surface area contributed by atoms with Crippen LogP contribution in [0.25, 0.3) is 0 Å². The number of rotatable bonds is 5. The molecule has 1 aromatic heterocycles. The third kappa shape index (κ3) is 4.18. The van der Waals surface area contributed by atoms with Gasteiger partial charge in [0.2, 0.25) is 10.0 Å². The van der Waals surface area contributed by atoms with E-state index in [2.05, 4.69) is 0 Å². The highest BCUT2D eigenvalue weighted by Gasteiger charge is 2.33. The highest BCUT2D eigenvalue weighted by atomic mass is 32.2. The van der Waals surface area contributed by atoms with Crippen molar-refractivity contribution < 1.29 is 17.9 Å².